The second kappa shape index (κ2) is 5.19. The average molecular weight is 303 g/mol. The molecule has 2 rings (SSSR count). The van der Waals surface area contributed by atoms with Crippen LogP contribution < -0.4 is 4.90 Å². The van der Waals surface area contributed by atoms with Gasteiger partial charge in [0, 0.05) is 23.3 Å². The van der Waals surface area contributed by atoms with E-state index in [4.69, 9.17) is 0 Å². The Labute approximate surface area is 107 Å². The van der Waals surface area contributed by atoms with Gasteiger partial charge in [-0.05, 0) is 24.3 Å². The van der Waals surface area contributed by atoms with E-state index in [0.29, 0.717) is 5.25 Å². The van der Waals surface area contributed by atoms with Crippen molar-refractivity contribution < 1.29 is 4.39 Å². The van der Waals surface area contributed by atoms with Crippen LogP contribution in [0.25, 0.3) is 0 Å². The largest absolute Gasteiger partial charge is 0.324 e. The third kappa shape index (κ3) is 2.58. The summed E-state index contributed by atoms with van der Waals surface area (Å²) in [6.45, 7) is 0.844. The van der Waals surface area contributed by atoms with Crippen LogP contribution in [-0.2, 0) is 0 Å². The zero-order valence-corrected chi connectivity index (χ0v) is 11.3. The minimum absolute atomic E-state index is 0.212. The molecule has 0 spiro atoms. The Morgan fingerprint density at radius 3 is 2.75 bits per heavy atom. The number of rotatable bonds is 2. The molecule has 0 aromatic heterocycles. The van der Waals surface area contributed by atoms with Crippen LogP contribution in [0.5, 0.6) is 0 Å². The highest BCUT2D eigenvalue weighted by molar-refractivity contribution is 9.09. The minimum atomic E-state index is -0.212. The first kappa shape index (κ1) is 11.9. The number of alkyl halides is 1. The molecule has 0 amide bonds. The third-order valence-corrected chi connectivity index (χ3v) is 4.85. The monoisotopic (exact) mass is 302 g/mol. The zero-order chi connectivity index (χ0) is 11.5. The fourth-order valence-electron chi connectivity index (χ4n) is 1.44. The van der Waals surface area contributed by atoms with Crippen LogP contribution in [0.1, 0.15) is 0 Å². The van der Waals surface area contributed by atoms with Crippen LogP contribution in [0.15, 0.2) is 29.3 Å². The molecule has 0 bridgehead atoms. The van der Waals surface area contributed by atoms with Crippen LogP contribution >= 0.6 is 27.7 Å². The normalized spacial score (nSPS) is 19.7. The smallest absolute Gasteiger partial charge is 0.163 e. The number of aliphatic imine (C=N–C) groups is 1. The van der Waals surface area contributed by atoms with Crippen LogP contribution in [-0.4, -0.2) is 29.3 Å². The molecule has 0 aliphatic carbocycles. The molecule has 5 heteroatoms. The first-order chi connectivity index (χ1) is 7.70. The summed E-state index contributed by atoms with van der Waals surface area (Å²) in [6.07, 6.45) is 0. The van der Waals surface area contributed by atoms with E-state index in [1.807, 2.05) is 11.9 Å². The first-order valence-corrected chi connectivity index (χ1v) is 6.97. The number of anilines is 1. The average Bonchev–Trinajstić information content (AvgIpc) is 2.77. The van der Waals surface area contributed by atoms with E-state index >= 15 is 0 Å². The number of hydrogen-bond acceptors (Lipinski definition) is 3. The van der Waals surface area contributed by atoms with Gasteiger partial charge in [0.25, 0.3) is 0 Å². The number of nitrogens with zero attached hydrogens (tertiary/aromatic N) is 2. The van der Waals surface area contributed by atoms with Crippen LogP contribution in [0.4, 0.5) is 10.1 Å². The molecule has 1 aliphatic rings. The Kier molecular flexibility index (Phi) is 3.86. The lowest BCUT2D eigenvalue weighted by atomic mass is 10.3. The van der Waals surface area contributed by atoms with Gasteiger partial charge in [0.15, 0.2) is 5.17 Å². The highest BCUT2D eigenvalue weighted by Gasteiger charge is 2.21. The maximum Gasteiger partial charge on any atom is 0.163 e. The van der Waals surface area contributed by atoms with Crippen LogP contribution in [0, 0.1) is 5.82 Å². The van der Waals surface area contributed by atoms with Crippen molar-refractivity contribution in [3.63, 3.8) is 0 Å². The van der Waals surface area contributed by atoms with E-state index in [1.165, 1.54) is 12.1 Å². The fraction of sp³-hybridized carbons (Fsp3) is 0.364. The molecule has 1 aromatic rings. The lowest BCUT2D eigenvalue weighted by Crippen LogP contribution is -2.22. The van der Waals surface area contributed by atoms with Crippen molar-refractivity contribution in [3.8, 4) is 0 Å². The maximum atomic E-state index is 12.8. The van der Waals surface area contributed by atoms with Gasteiger partial charge in [-0.1, -0.05) is 27.7 Å². The van der Waals surface area contributed by atoms with Crippen molar-refractivity contribution in [3.05, 3.63) is 30.1 Å². The van der Waals surface area contributed by atoms with Crippen molar-refractivity contribution in [1.29, 1.82) is 0 Å². The summed E-state index contributed by atoms with van der Waals surface area (Å²) in [4.78, 5) is 6.46. The second-order valence-electron chi connectivity index (χ2n) is 3.55. The molecular formula is C11H12BrFN2S. The summed E-state index contributed by atoms with van der Waals surface area (Å²) in [5, 5.41) is 2.45. The number of benzene rings is 1. The molecule has 2 nitrogen and oxygen atoms in total. The Morgan fingerprint density at radius 1 is 1.50 bits per heavy atom. The molecule has 1 unspecified atom stereocenters. The lowest BCUT2D eigenvalue weighted by molar-refractivity contribution is 0.628. The third-order valence-electron chi connectivity index (χ3n) is 2.38. The summed E-state index contributed by atoms with van der Waals surface area (Å²) in [6, 6.07) is 6.46. The quantitative estimate of drug-likeness (QED) is 0.780. The molecule has 86 valence electrons. The molecular weight excluding hydrogens is 291 g/mol. The lowest BCUT2D eigenvalue weighted by Gasteiger charge is -2.18. The van der Waals surface area contributed by atoms with Crippen molar-refractivity contribution >= 4 is 38.5 Å². The second-order valence-corrected chi connectivity index (χ2v) is 5.47. The number of hydrogen-bond donors (Lipinski definition) is 0. The van der Waals surface area contributed by atoms with Gasteiger partial charge in [-0.3, -0.25) is 4.99 Å². The van der Waals surface area contributed by atoms with Crippen molar-refractivity contribution in [2.75, 3.05) is 23.8 Å². The predicted octanol–water partition coefficient (Wildman–Crippen LogP) is 3.13. The van der Waals surface area contributed by atoms with Crippen molar-refractivity contribution in [2.45, 2.75) is 5.25 Å². The molecule has 0 radical (unpaired) electrons. The first-order valence-electron chi connectivity index (χ1n) is 4.97. The Hall–Kier alpha value is -0.550. The van der Waals surface area contributed by atoms with Crippen LogP contribution in [0.2, 0.25) is 0 Å². The Morgan fingerprint density at radius 2 is 2.19 bits per heavy atom. The van der Waals surface area contributed by atoms with Gasteiger partial charge in [0.2, 0.25) is 0 Å². The predicted molar refractivity (Wildman–Crippen MR) is 72.3 cm³/mol. The molecule has 1 aromatic carbocycles. The van der Waals surface area contributed by atoms with E-state index in [9.17, 15) is 4.39 Å². The summed E-state index contributed by atoms with van der Waals surface area (Å²) in [7, 11) is 1.95. The van der Waals surface area contributed by atoms with Gasteiger partial charge in [0.1, 0.15) is 5.82 Å². The minimum Gasteiger partial charge on any atom is -0.324 e. The fourth-order valence-corrected chi connectivity index (χ4v) is 2.97. The summed E-state index contributed by atoms with van der Waals surface area (Å²) in [5.41, 5.74) is 0.961. The van der Waals surface area contributed by atoms with Gasteiger partial charge in [0.05, 0.1) is 6.54 Å². The van der Waals surface area contributed by atoms with Gasteiger partial charge < -0.3 is 4.90 Å². The van der Waals surface area contributed by atoms with Gasteiger partial charge in [-0.25, -0.2) is 4.39 Å². The number of thioether (sulfide) groups is 1. The van der Waals surface area contributed by atoms with E-state index in [1.54, 1.807) is 23.9 Å². The Balaban J connectivity index is 2.08. The molecule has 1 aliphatic heterocycles. The molecule has 0 fully saturated rings. The Bertz CT molecular complexity index is 393. The molecule has 0 N–H and O–H groups in total. The summed E-state index contributed by atoms with van der Waals surface area (Å²) >= 11 is 5.21. The van der Waals surface area contributed by atoms with Gasteiger partial charge in [-0.2, -0.15) is 0 Å². The number of amidine groups is 1. The summed E-state index contributed by atoms with van der Waals surface area (Å²) in [5.74, 6) is -0.212. The van der Waals surface area contributed by atoms with Crippen molar-refractivity contribution in [2.24, 2.45) is 4.99 Å². The number of halogens is 2. The van der Waals surface area contributed by atoms with E-state index in [2.05, 4.69) is 20.9 Å². The van der Waals surface area contributed by atoms with E-state index in [0.717, 1.165) is 22.7 Å². The maximum absolute atomic E-state index is 12.8. The summed E-state index contributed by atoms with van der Waals surface area (Å²) < 4.78 is 12.8. The standard InChI is InChI=1S/C11H12BrFN2S/c1-15(9-4-2-8(13)3-5-9)11-14-7-10(6-12)16-11/h2-5,10H,6-7H2,1H3. The SMILES string of the molecule is CN(C1=NCC(CBr)S1)c1ccc(F)cc1. The molecule has 0 saturated heterocycles. The zero-order valence-electron chi connectivity index (χ0n) is 8.86. The highest BCUT2D eigenvalue weighted by atomic mass is 79.9. The van der Waals surface area contributed by atoms with Crippen LogP contribution in [0.3, 0.4) is 0 Å². The van der Waals surface area contributed by atoms with E-state index < -0.39 is 0 Å². The van der Waals surface area contributed by atoms with E-state index in [-0.39, 0.29) is 5.82 Å². The molecule has 1 heterocycles. The van der Waals surface area contributed by atoms with Gasteiger partial charge >= 0.3 is 0 Å². The highest BCUT2D eigenvalue weighted by Crippen LogP contribution is 2.27. The molecule has 16 heavy (non-hydrogen) atoms. The van der Waals surface area contributed by atoms with Crippen molar-refractivity contribution in [1.82, 2.24) is 0 Å². The van der Waals surface area contributed by atoms with Gasteiger partial charge in [-0.15, -0.1) is 0 Å². The molecule has 0 saturated carbocycles. The molecule has 1 atom stereocenters. The topological polar surface area (TPSA) is 15.6 Å².